The summed E-state index contributed by atoms with van der Waals surface area (Å²) < 4.78 is 0. The number of hydrogen-bond donors (Lipinski definition) is 1. The summed E-state index contributed by atoms with van der Waals surface area (Å²) in [6.45, 7) is 4.50. The van der Waals surface area contributed by atoms with Gasteiger partial charge in [-0.05, 0) is 38.1 Å². The molecule has 1 unspecified atom stereocenters. The molecular formula is C16H24N2O2S. The van der Waals surface area contributed by atoms with Gasteiger partial charge < -0.3 is 10.2 Å². The molecule has 1 fully saturated rings. The minimum absolute atomic E-state index is 0.0364. The molecule has 2 rings (SSSR count). The van der Waals surface area contributed by atoms with Crippen molar-refractivity contribution in [2.24, 2.45) is 0 Å². The Kier molecular flexibility index (Phi) is 5.79. The zero-order chi connectivity index (χ0) is 15.2. The van der Waals surface area contributed by atoms with Crippen molar-refractivity contribution in [3.05, 3.63) is 22.4 Å². The van der Waals surface area contributed by atoms with Gasteiger partial charge in [-0.3, -0.25) is 9.59 Å². The molecule has 1 saturated carbocycles. The van der Waals surface area contributed by atoms with Crippen LogP contribution in [0.25, 0.3) is 0 Å². The van der Waals surface area contributed by atoms with Crippen LogP contribution in [-0.2, 0) is 4.79 Å². The molecule has 0 aromatic carbocycles. The molecule has 1 atom stereocenters. The minimum atomic E-state index is -0.471. The molecule has 2 amide bonds. The summed E-state index contributed by atoms with van der Waals surface area (Å²) in [7, 11) is 0. The van der Waals surface area contributed by atoms with Crippen LogP contribution in [0.1, 0.15) is 55.6 Å². The second-order valence-electron chi connectivity index (χ2n) is 5.59. The lowest BCUT2D eigenvalue weighted by Crippen LogP contribution is -2.50. The highest BCUT2D eigenvalue weighted by molar-refractivity contribution is 7.12. The summed E-state index contributed by atoms with van der Waals surface area (Å²) in [5.74, 6) is -0.125. The quantitative estimate of drug-likeness (QED) is 0.909. The average Bonchev–Trinajstić information content (AvgIpc) is 3.03. The molecular weight excluding hydrogens is 284 g/mol. The van der Waals surface area contributed by atoms with Crippen molar-refractivity contribution < 1.29 is 9.59 Å². The van der Waals surface area contributed by atoms with Crippen molar-refractivity contribution in [2.45, 2.75) is 58.0 Å². The molecule has 1 aliphatic rings. The van der Waals surface area contributed by atoms with E-state index >= 15 is 0 Å². The summed E-state index contributed by atoms with van der Waals surface area (Å²) >= 11 is 1.39. The van der Waals surface area contributed by atoms with E-state index in [2.05, 4.69) is 5.32 Å². The Labute approximate surface area is 130 Å². The van der Waals surface area contributed by atoms with E-state index in [-0.39, 0.29) is 11.8 Å². The Balaban J connectivity index is 1.94. The molecule has 1 heterocycles. The summed E-state index contributed by atoms with van der Waals surface area (Å²) in [4.78, 5) is 27.2. The van der Waals surface area contributed by atoms with Gasteiger partial charge in [-0.15, -0.1) is 11.3 Å². The first-order chi connectivity index (χ1) is 10.1. The molecule has 116 valence electrons. The van der Waals surface area contributed by atoms with Crippen LogP contribution in [0.2, 0.25) is 0 Å². The first-order valence-corrected chi connectivity index (χ1v) is 8.66. The molecule has 0 radical (unpaired) electrons. The Hall–Kier alpha value is -1.36. The van der Waals surface area contributed by atoms with E-state index < -0.39 is 6.04 Å². The van der Waals surface area contributed by atoms with Crippen LogP contribution >= 0.6 is 11.3 Å². The highest BCUT2D eigenvalue weighted by atomic mass is 32.1. The first kappa shape index (κ1) is 16.0. The second-order valence-corrected chi connectivity index (χ2v) is 6.54. The number of rotatable bonds is 5. The summed E-state index contributed by atoms with van der Waals surface area (Å²) in [6.07, 6.45) is 5.85. The average molecular weight is 308 g/mol. The third-order valence-corrected chi connectivity index (χ3v) is 4.97. The van der Waals surface area contributed by atoms with Gasteiger partial charge in [-0.2, -0.15) is 0 Å². The van der Waals surface area contributed by atoms with Gasteiger partial charge in [0.1, 0.15) is 6.04 Å². The number of likely N-dealkylation sites (N-methyl/N-ethyl adjacent to an activating group) is 1. The van der Waals surface area contributed by atoms with E-state index in [1.807, 2.05) is 23.3 Å². The highest BCUT2D eigenvalue weighted by Crippen LogP contribution is 2.23. The van der Waals surface area contributed by atoms with E-state index in [0.29, 0.717) is 17.5 Å². The molecule has 0 spiro atoms. The van der Waals surface area contributed by atoms with Crippen molar-refractivity contribution in [3.63, 3.8) is 0 Å². The molecule has 1 aliphatic carbocycles. The Morgan fingerprint density at radius 2 is 2.10 bits per heavy atom. The number of hydrogen-bond acceptors (Lipinski definition) is 3. The lowest BCUT2D eigenvalue weighted by molar-refractivity contribution is -0.135. The van der Waals surface area contributed by atoms with Crippen molar-refractivity contribution in [1.29, 1.82) is 0 Å². The second kappa shape index (κ2) is 7.59. The number of carbonyl (C=O) groups excluding carboxylic acids is 2. The van der Waals surface area contributed by atoms with Gasteiger partial charge in [0.25, 0.3) is 5.91 Å². The Morgan fingerprint density at radius 1 is 1.38 bits per heavy atom. The van der Waals surface area contributed by atoms with Crippen LogP contribution in [0.3, 0.4) is 0 Å². The minimum Gasteiger partial charge on any atom is -0.340 e. The van der Waals surface area contributed by atoms with Crippen LogP contribution in [0, 0.1) is 0 Å². The number of nitrogens with one attached hydrogen (secondary N) is 1. The van der Waals surface area contributed by atoms with Crippen LogP contribution in [0.15, 0.2) is 17.5 Å². The molecule has 21 heavy (non-hydrogen) atoms. The molecule has 5 heteroatoms. The van der Waals surface area contributed by atoms with E-state index in [1.54, 1.807) is 13.0 Å². The van der Waals surface area contributed by atoms with Crippen LogP contribution in [0.4, 0.5) is 0 Å². The predicted molar refractivity (Wildman–Crippen MR) is 85.5 cm³/mol. The third kappa shape index (κ3) is 4.06. The lowest BCUT2D eigenvalue weighted by Gasteiger charge is -2.35. The number of nitrogens with zero attached hydrogens (tertiary/aromatic N) is 1. The lowest BCUT2D eigenvalue weighted by atomic mass is 9.94. The molecule has 4 nitrogen and oxygen atoms in total. The molecule has 0 saturated heterocycles. The van der Waals surface area contributed by atoms with E-state index in [0.717, 1.165) is 12.8 Å². The van der Waals surface area contributed by atoms with E-state index in [1.165, 1.54) is 30.6 Å². The van der Waals surface area contributed by atoms with E-state index in [4.69, 9.17) is 0 Å². The molecule has 1 N–H and O–H groups in total. The van der Waals surface area contributed by atoms with Gasteiger partial charge >= 0.3 is 0 Å². The molecule has 1 aromatic heterocycles. The monoisotopic (exact) mass is 308 g/mol. The smallest absolute Gasteiger partial charge is 0.261 e. The van der Waals surface area contributed by atoms with Gasteiger partial charge in [-0.1, -0.05) is 25.3 Å². The fourth-order valence-corrected chi connectivity index (χ4v) is 3.60. The maximum absolute atomic E-state index is 12.6. The number of amides is 2. The fourth-order valence-electron chi connectivity index (χ4n) is 2.97. The highest BCUT2D eigenvalue weighted by Gasteiger charge is 2.28. The standard InChI is InChI=1S/C16H24N2O2S/c1-3-18(13-8-5-4-6-9-13)16(20)12(2)17-15(19)14-10-7-11-21-14/h7,10-13H,3-6,8-9H2,1-2H3,(H,17,19). The zero-order valence-corrected chi connectivity index (χ0v) is 13.6. The van der Waals surface area contributed by atoms with Crippen molar-refractivity contribution in [3.8, 4) is 0 Å². The van der Waals surface area contributed by atoms with Crippen molar-refractivity contribution in [1.82, 2.24) is 10.2 Å². The fraction of sp³-hybridized carbons (Fsp3) is 0.625. The topological polar surface area (TPSA) is 49.4 Å². The molecule has 0 bridgehead atoms. The van der Waals surface area contributed by atoms with Crippen molar-refractivity contribution in [2.75, 3.05) is 6.54 Å². The van der Waals surface area contributed by atoms with Gasteiger partial charge in [-0.25, -0.2) is 0 Å². The Bertz CT molecular complexity index is 467. The molecule has 1 aromatic rings. The van der Waals surface area contributed by atoms with Gasteiger partial charge in [0, 0.05) is 12.6 Å². The van der Waals surface area contributed by atoms with Crippen LogP contribution in [0.5, 0.6) is 0 Å². The SMILES string of the molecule is CCN(C(=O)C(C)NC(=O)c1cccs1)C1CCCCC1. The van der Waals surface area contributed by atoms with Crippen LogP contribution in [-0.4, -0.2) is 35.3 Å². The zero-order valence-electron chi connectivity index (χ0n) is 12.8. The largest absolute Gasteiger partial charge is 0.340 e. The number of carbonyl (C=O) groups is 2. The maximum atomic E-state index is 12.6. The normalized spacial score (nSPS) is 17.2. The summed E-state index contributed by atoms with van der Waals surface area (Å²) in [6, 6.07) is 3.49. The molecule has 0 aliphatic heterocycles. The summed E-state index contributed by atoms with van der Waals surface area (Å²) in [5, 5.41) is 4.68. The first-order valence-electron chi connectivity index (χ1n) is 7.78. The maximum Gasteiger partial charge on any atom is 0.261 e. The Morgan fingerprint density at radius 3 is 2.67 bits per heavy atom. The predicted octanol–water partition coefficient (Wildman–Crippen LogP) is 3.05. The van der Waals surface area contributed by atoms with E-state index in [9.17, 15) is 9.59 Å². The van der Waals surface area contributed by atoms with Gasteiger partial charge in [0.15, 0.2) is 0 Å². The third-order valence-electron chi connectivity index (χ3n) is 4.10. The van der Waals surface area contributed by atoms with Gasteiger partial charge in [0.05, 0.1) is 4.88 Å². The summed E-state index contributed by atoms with van der Waals surface area (Å²) in [5.41, 5.74) is 0. The van der Waals surface area contributed by atoms with Gasteiger partial charge in [0.2, 0.25) is 5.91 Å². The number of thiophene rings is 1. The van der Waals surface area contributed by atoms with Crippen molar-refractivity contribution >= 4 is 23.2 Å². The van der Waals surface area contributed by atoms with Crippen LogP contribution < -0.4 is 5.32 Å².